The normalized spacial score (nSPS) is 20.8. The molecule has 1 aromatic rings. The van der Waals surface area contributed by atoms with Crippen molar-refractivity contribution in [3.05, 3.63) is 16.0 Å². The fourth-order valence-corrected chi connectivity index (χ4v) is 5.10. The summed E-state index contributed by atoms with van der Waals surface area (Å²) in [4.78, 5) is 27.2. The highest BCUT2D eigenvalue weighted by molar-refractivity contribution is 7.17. The summed E-state index contributed by atoms with van der Waals surface area (Å²) in [6.45, 7) is 0.183. The number of methoxy groups -OCH3 is 1. The average molecular weight is 404 g/mol. The Labute approximate surface area is 159 Å². The smallest absolute Gasteiger partial charge is 0.393 e. The first kappa shape index (κ1) is 20.1. The highest BCUT2D eigenvalue weighted by atomic mass is 32.1. The van der Waals surface area contributed by atoms with Gasteiger partial charge in [0.05, 0.1) is 25.1 Å². The van der Waals surface area contributed by atoms with Gasteiger partial charge in [0.1, 0.15) is 5.00 Å². The van der Waals surface area contributed by atoms with Crippen molar-refractivity contribution in [2.45, 2.75) is 44.7 Å². The summed E-state index contributed by atoms with van der Waals surface area (Å²) >= 11 is 1.37. The number of carbonyl (C=O) groups is 2. The van der Waals surface area contributed by atoms with E-state index in [0.29, 0.717) is 23.5 Å². The van der Waals surface area contributed by atoms with Crippen LogP contribution in [0.15, 0.2) is 0 Å². The number of alkyl halides is 3. The van der Waals surface area contributed by atoms with Crippen molar-refractivity contribution in [1.82, 2.24) is 4.90 Å². The SMILES string of the molecule is COC(=O)c1c(NC(=O)CN2CCCC(C(F)(F)F)C2)sc2c1CCCC2. The molecule has 1 atom stereocenters. The van der Waals surface area contributed by atoms with Crippen molar-refractivity contribution in [2.24, 2.45) is 5.92 Å². The molecule has 1 amide bonds. The fraction of sp³-hybridized carbons (Fsp3) is 0.667. The van der Waals surface area contributed by atoms with E-state index in [9.17, 15) is 22.8 Å². The molecule has 0 aromatic carbocycles. The van der Waals surface area contributed by atoms with E-state index < -0.39 is 24.0 Å². The second kappa shape index (κ2) is 8.18. The van der Waals surface area contributed by atoms with E-state index in [0.717, 1.165) is 36.1 Å². The van der Waals surface area contributed by atoms with Crippen LogP contribution in [0.2, 0.25) is 0 Å². The maximum absolute atomic E-state index is 12.9. The number of ether oxygens (including phenoxy) is 1. The molecule has 0 saturated carbocycles. The molecule has 150 valence electrons. The Hall–Kier alpha value is -1.61. The van der Waals surface area contributed by atoms with Crippen LogP contribution >= 0.6 is 11.3 Å². The Kier molecular flexibility index (Phi) is 6.10. The third-order valence-corrected chi connectivity index (χ3v) is 6.36. The lowest BCUT2D eigenvalue weighted by Gasteiger charge is -2.33. The summed E-state index contributed by atoms with van der Waals surface area (Å²) in [6.07, 6.45) is -0.0729. The number of nitrogens with one attached hydrogen (secondary N) is 1. The van der Waals surface area contributed by atoms with Gasteiger partial charge < -0.3 is 10.1 Å². The Morgan fingerprint density at radius 1 is 1.26 bits per heavy atom. The molecule has 0 bridgehead atoms. The molecule has 2 aliphatic rings. The van der Waals surface area contributed by atoms with Gasteiger partial charge in [-0.1, -0.05) is 0 Å². The van der Waals surface area contributed by atoms with Crippen LogP contribution in [0, 0.1) is 5.92 Å². The molecule has 1 unspecified atom stereocenters. The van der Waals surface area contributed by atoms with Crippen molar-refractivity contribution in [3.63, 3.8) is 0 Å². The Bertz CT molecular complexity index is 717. The lowest BCUT2D eigenvalue weighted by atomic mass is 9.95. The standard InChI is InChI=1S/C18H23F3N2O3S/c1-26-17(25)15-12-6-2-3-7-13(12)27-16(15)22-14(24)10-23-8-4-5-11(9-23)18(19,20)21/h11H,2-10H2,1H3,(H,22,24). The number of likely N-dealkylation sites (tertiary alicyclic amines) is 1. The summed E-state index contributed by atoms with van der Waals surface area (Å²) < 4.78 is 43.7. The fourth-order valence-electron chi connectivity index (χ4n) is 3.81. The van der Waals surface area contributed by atoms with Gasteiger partial charge in [-0.2, -0.15) is 13.2 Å². The molecule has 1 aliphatic heterocycles. The first-order chi connectivity index (χ1) is 12.8. The van der Waals surface area contributed by atoms with E-state index in [1.54, 1.807) is 0 Å². The topological polar surface area (TPSA) is 58.6 Å². The van der Waals surface area contributed by atoms with E-state index in [1.807, 2.05) is 0 Å². The molecule has 1 aliphatic carbocycles. The Balaban J connectivity index is 1.69. The molecule has 1 aromatic heterocycles. The van der Waals surface area contributed by atoms with Crippen molar-refractivity contribution in [2.75, 3.05) is 32.1 Å². The molecule has 1 fully saturated rings. The molecular formula is C18H23F3N2O3S. The molecular weight excluding hydrogens is 381 g/mol. The zero-order valence-electron chi connectivity index (χ0n) is 15.2. The average Bonchev–Trinajstić information content (AvgIpc) is 2.98. The minimum absolute atomic E-state index is 0.103. The third kappa shape index (κ3) is 4.63. The van der Waals surface area contributed by atoms with Crippen LogP contribution in [0.25, 0.3) is 0 Å². The third-order valence-electron chi connectivity index (χ3n) is 5.15. The molecule has 9 heteroatoms. The van der Waals surface area contributed by atoms with Gasteiger partial charge in [-0.25, -0.2) is 4.79 Å². The molecule has 0 radical (unpaired) electrons. The summed E-state index contributed by atoms with van der Waals surface area (Å²) in [5, 5.41) is 3.19. The summed E-state index contributed by atoms with van der Waals surface area (Å²) in [6, 6.07) is 0. The second-order valence-electron chi connectivity index (χ2n) is 7.07. The van der Waals surface area contributed by atoms with Crippen molar-refractivity contribution in [3.8, 4) is 0 Å². The van der Waals surface area contributed by atoms with Gasteiger partial charge in [0.25, 0.3) is 0 Å². The quantitative estimate of drug-likeness (QED) is 0.779. The summed E-state index contributed by atoms with van der Waals surface area (Å²) in [5.41, 5.74) is 1.33. The number of esters is 1. The van der Waals surface area contributed by atoms with Gasteiger partial charge in [0.15, 0.2) is 0 Å². The molecule has 1 N–H and O–H groups in total. The Morgan fingerprint density at radius 2 is 2.00 bits per heavy atom. The first-order valence-corrected chi connectivity index (χ1v) is 9.93. The number of thiophene rings is 1. The monoisotopic (exact) mass is 404 g/mol. The van der Waals surface area contributed by atoms with Gasteiger partial charge in [-0.05, 0) is 50.6 Å². The molecule has 2 heterocycles. The van der Waals surface area contributed by atoms with Crippen LogP contribution in [0.4, 0.5) is 18.2 Å². The number of hydrogen-bond donors (Lipinski definition) is 1. The minimum atomic E-state index is -4.24. The number of aryl methyl sites for hydroxylation is 1. The van der Waals surface area contributed by atoms with E-state index in [-0.39, 0.29) is 19.5 Å². The molecule has 5 nitrogen and oxygen atoms in total. The van der Waals surface area contributed by atoms with E-state index in [4.69, 9.17) is 4.74 Å². The number of amides is 1. The summed E-state index contributed by atoms with van der Waals surface area (Å²) in [5.74, 6) is -2.28. The largest absolute Gasteiger partial charge is 0.465 e. The van der Waals surface area contributed by atoms with Crippen LogP contribution in [-0.2, 0) is 22.4 Å². The molecule has 1 saturated heterocycles. The van der Waals surface area contributed by atoms with Crippen LogP contribution in [0.5, 0.6) is 0 Å². The number of nitrogens with zero attached hydrogens (tertiary/aromatic N) is 1. The van der Waals surface area contributed by atoms with Crippen molar-refractivity contribution >= 4 is 28.2 Å². The number of piperidine rings is 1. The van der Waals surface area contributed by atoms with E-state index in [1.165, 1.54) is 23.3 Å². The number of rotatable bonds is 4. The van der Waals surface area contributed by atoms with Crippen LogP contribution in [0.3, 0.4) is 0 Å². The highest BCUT2D eigenvalue weighted by Gasteiger charge is 2.42. The van der Waals surface area contributed by atoms with Gasteiger partial charge >= 0.3 is 12.1 Å². The van der Waals surface area contributed by atoms with E-state index in [2.05, 4.69) is 5.32 Å². The van der Waals surface area contributed by atoms with Gasteiger partial charge in [0.2, 0.25) is 5.91 Å². The molecule has 27 heavy (non-hydrogen) atoms. The van der Waals surface area contributed by atoms with Gasteiger partial charge in [-0.15, -0.1) is 11.3 Å². The number of carbonyl (C=O) groups excluding carboxylic acids is 2. The maximum Gasteiger partial charge on any atom is 0.393 e. The zero-order valence-corrected chi connectivity index (χ0v) is 16.0. The minimum Gasteiger partial charge on any atom is -0.465 e. The van der Waals surface area contributed by atoms with Crippen molar-refractivity contribution < 1.29 is 27.5 Å². The summed E-state index contributed by atoms with van der Waals surface area (Å²) in [7, 11) is 1.30. The number of fused-ring (bicyclic) bond motifs is 1. The lowest BCUT2D eigenvalue weighted by molar-refractivity contribution is -0.186. The molecule has 3 rings (SSSR count). The number of halogens is 3. The number of anilines is 1. The predicted octanol–water partition coefficient (Wildman–Crippen LogP) is 3.63. The molecule has 0 spiro atoms. The number of hydrogen-bond acceptors (Lipinski definition) is 5. The second-order valence-corrected chi connectivity index (χ2v) is 8.18. The Morgan fingerprint density at radius 3 is 2.70 bits per heavy atom. The maximum atomic E-state index is 12.9. The van der Waals surface area contributed by atoms with Crippen LogP contribution in [0.1, 0.15) is 46.5 Å². The van der Waals surface area contributed by atoms with E-state index >= 15 is 0 Å². The predicted molar refractivity (Wildman–Crippen MR) is 96.1 cm³/mol. The lowest BCUT2D eigenvalue weighted by Crippen LogP contribution is -2.44. The van der Waals surface area contributed by atoms with Gasteiger partial charge in [-0.3, -0.25) is 9.69 Å². The van der Waals surface area contributed by atoms with Crippen LogP contribution < -0.4 is 5.32 Å². The van der Waals surface area contributed by atoms with Crippen LogP contribution in [-0.4, -0.2) is 49.7 Å². The zero-order chi connectivity index (χ0) is 19.6. The first-order valence-electron chi connectivity index (χ1n) is 9.11. The van der Waals surface area contributed by atoms with Crippen molar-refractivity contribution in [1.29, 1.82) is 0 Å². The van der Waals surface area contributed by atoms with Gasteiger partial charge in [0, 0.05) is 11.4 Å². The highest BCUT2D eigenvalue weighted by Crippen LogP contribution is 2.38.